The molecule has 1 atom stereocenters. The molecule has 4 heteroatoms. The summed E-state index contributed by atoms with van der Waals surface area (Å²) in [5, 5.41) is 4.62. The normalized spacial score (nSPS) is 19.7. The maximum atomic E-state index is 4.66. The van der Waals surface area contributed by atoms with Crippen LogP contribution in [0.2, 0.25) is 0 Å². The molecule has 3 rings (SSSR count). The van der Waals surface area contributed by atoms with E-state index in [0.717, 1.165) is 22.8 Å². The van der Waals surface area contributed by atoms with Gasteiger partial charge in [0.15, 0.2) is 0 Å². The molecule has 0 spiro atoms. The fourth-order valence-electron chi connectivity index (χ4n) is 2.25. The second kappa shape index (κ2) is 4.55. The molecule has 3 nitrogen and oxygen atoms in total. The predicted molar refractivity (Wildman–Crippen MR) is 70.1 cm³/mol. The Morgan fingerprint density at radius 2 is 2.41 bits per heavy atom. The van der Waals surface area contributed by atoms with Gasteiger partial charge in [0.2, 0.25) is 0 Å². The third-order valence-corrected chi connectivity index (χ3v) is 4.44. The molecule has 0 aliphatic carbocycles. The number of pyridine rings is 1. The van der Waals surface area contributed by atoms with Gasteiger partial charge in [-0.15, -0.1) is 11.3 Å². The monoisotopic (exact) mass is 245 g/mol. The third-order valence-electron chi connectivity index (χ3n) is 3.12. The Kier molecular flexibility index (Phi) is 2.91. The van der Waals surface area contributed by atoms with Crippen LogP contribution < -0.4 is 5.32 Å². The van der Waals surface area contributed by atoms with Crippen LogP contribution in [0, 0.1) is 6.92 Å². The van der Waals surface area contributed by atoms with Gasteiger partial charge >= 0.3 is 0 Å². The minimum atomic E-state index is 0.512. The van der Waals surface area contributed by atoms with Gasteiger partial charge in [0.05, 0.1) is 5.69 Å². The minimum Gasteiger partial charge on any atom is -0.309 e. The first-order valence-electron chi connectivity index (χ1n) is 5.96. The summed E-state index contributed by atoms with van der Waals surface area (Å²) < 4.78 is 0. The summed E-state index contributed by atoms with van der Waals surface area (Å²) in [5.41, 5.74) is 2.28. The number of thiazole rings is 1. The van der Waals surface area contributed by atoms with Crippen molar-refractivity contribution in [1.29, 1.82) is 0 Å². The van der Waals surface area contributed by atoms with Crippen LogP contribution in [0.15, 0.2) is 24.5 Å². The quantitative estimate of drug-likeness (QED) is 0.884. The zero-order valence-corrected chi connectivity index (χ0v) is 10.6. The Morgan fingerprint density at radius 1 is 1.47 bits per heavy atom. The van der Waals surface area contributed by atoms with E-state index >= 15 is 0 Å². The van der Waals surface area contributed by atoms with Gasteiger partial charge in [-0.1, -0.05) is 0 Å². The molecule has 88 valence electrons. The second-order valence-corrected chi connectivity index (χ2v) is 5.39. The Hall–Kier alpha value is -1.26. The number of hydrogen-bond acceptors (Lipinski definition) is 4. The van der Waals surface area contributed by atoms with Crippen LogP contribution in [0.5, 0.6) is 0 Å². The summed E-state index contributed by atoms with van der Waals surface area (Å²) in [5.74, 6) is 0. The van der Waals surface area contributed by atoms with Crippen LogP contribution in [0.4, 0.5) is 0 Å². The van der Waals surface area contributed by atoms with E-state index in [4.69, 9.17) is 0 Å². The molecule has 17 heavy (non-hydrogen) atoms. The summed E-state index contributed by atoms with van der Waals surface area (Å²) in [6.45, 7) is 3.23. The molecule has 0 bridgehead atoms. The van der Waals surface area contributed by atoms with E-state index in [1.165, 1.54) is 17.7 Å². The maximum absolute atomic E-state index is 4.66. The number of hydrogen-bond donors (Lipinski definition) is 1. The zero-order chi connectivity index (χ0) is 11.7. The fraction of sp³-hybridized carbons (Fsp3) is 0.385. The molecule has 1 fully saturated rings. The second-order valence-electron chi connectivity index (χ2n) is 4.36. The number of aromatic nitrogens is 2. The first-order valence-corrected chi connectivity index (χ1v) is 6.77. The fourth-order valence-corrected chi connectivity index (χ4v) is 3.42. The van der Waals surface area contributed by atoms with Gasteiger partial charge in [-0.05, 0) is 38.4 Å². The first kappa shape index (κ1) is 10.9. The molecule has 1 unspecified atom stereocenters. The first-order chi connectivity index (χ1) is 8.34. The van der Waals surface area contributed by atoms with Crippen molar-refractivity contribution in [3.8, 4) is 10.6 Å². The summed E-state index contributed by atoms with van der Waals surface area (Å²) in [7, 11) is 0. The van der Waals surface area contributed by atoms with E-state index in [1.54, 1.807) is 17.5 Å². The molecule has 2 aromatic rings. The lowest BCUT2D eigenvalue weighted by Crippen LogP contribution is -2.12. The average molecular weight is 245 g/mol. The van der Waals surface area contributed by atoms with Crippen molar-refractivity contribution in [2.24, 2.45) is 0 Å². The predicted octanol–water partition coefficient (Wildman–Crippen LogP) is 2.94. The summed E-state index contributed by atoms with van der Waals surface area (Å²) in [4.78, 5) is 10.2. The molecule has 0 radical (unpaired) electrons. The summed E-state index contributed by atoms with van der Waals surface area (Å²) in [6.07, 6.45) is 6.17. The van der Waals surface area contributed by atoms with E-state index in [-0.39, 0.29) is 0 Å². The Labute approximate surface area is 105 Å². The van der Waals surface area contributed by atoms with E-state index in [9.17, 15) is 0 Å². The molecule has 1 aliphatic rings. The lowest BCUT2D eigenvalue weighted by atomic mass is 10.2. The van der Waals surface area contributed by atoms with Crippen LogP contribution in [-0.4, -0.2) is 16.5 Å². The lowest BCUT2D eigenvalue weighted by molar-refractivity contribution is 0.654. The van der Waals surface area contributed by atoms with Crippen molar-refractivity contribution < 1.29 is 0 Å². The van der Waals surface area contributed by atoms with Crippen LogP contribution in [0.3, 0.4) is 0 Å². The summed E-state index contributed by atoms with van der Waals surface area (Å²) in [6, 6.07) is 4.54. The number of nitrogens with zero attached hydrogens (tertiary/aromatic N) is 2. The van der Waals surface area contributed by atoms with E-state index < -0.39 is 0 Å². The van der Waals surface area contributed by atoms with Crippen molar-refractivity contribution >= 4 is 11.3 Å². The van der Waals surface area contributed by atoms with E-state index in [0.29, 0.717) is 6.04 Å². The Balaban J connectivity index is 1.95. The van der Waals surface area contributed by atoms with Crippen LogP contribution >= 0.6 is 11.3 Å². The van der Waals surface area contributed by atoms with Crippen molar-refractivity contribution in [2.75, 3.05) is 6.54 Å². The highest BCUT2D eigenvalue weighted by atomic mass is 32.1. The van der Waals surface area contributed by atoms with Crippen LogP contribution in [0.25, 0.3) is 10.6 Å². The van der Waals surface area contributed by atoms with Crippen LogP contribution in [0.1, 0.15) is 29.5 Å². The molecule has 2 aromatic heterocycles. The Bertz CT molecular complexity index is 501. The molecular formula is C13H15N3S. The molecule has 1 saturated heterocycles. The minimum absolute atomic E-state index is 0.512. The standard InChI is InChI=1S/C13H15N3S/c1-9-12(11-5-3-7-15-11)17-13(16-9)10-4-2-6-14-8-10/h2,4,6,8,11,15H,3,5,7H2,1H3. The summed E-state index contributed by atoms with van der Waals surface area (Å²) >= 11 is 1.80. The van der Waals surface area contributed by atoms with Crippen molar-refractivity contribution in [3.63, 3.8) is 0 Å². The SMILES string of the molecule is Cc1nc(-c2cccnc2)sc1C1CCCN1. The van der Waals surface area contributed by atoms with E-state index in [2.05, 4.69) is 28.3 Å². The Morgan fingerprint density at radius 3 is 3.12 bits per heavy atom. The van der Waals surface area contributed by atoms with Crippen molar-refractivity contribution in [2.45, 2.75) is 25.8 Å². The van der Waals surface area contributed by atoms with Gasteiger partial charge in [-0.3, -0.25) is 4.98 Å². The highest BCUT2D eigenvalue weighted by Crippen LogP contribution is 2.34. The molecule has 1 N–H and O–H groups in total. The zero-order valence-electron chi connectivity index (χ0n) is 9.81. The smallest absolute Gasteiger partial charge is 0.125 e. The topological polar surface area (TPSA) is 37.8 Å². The van der Waals surface area contributed by atoms with Gasteiger partial charge in [0.25, 0.3) is 0 Å². The highest BCUT2D eigenvalue weighted by molar-refractivity contribution is 7.15. The van der Waals surface area contributed by atoms with Gasteiger partial charge in [0, 0.05) is 28.9 Å². The third kappa shape index (κ3) is 2.10. The van der Waals surface area contributed by atoms with Gasteiger partial charge < -0.3 is 5.32 Å². The van der Waals surface area contributed by atoms with Crippen LogP contribution in [-0.2, 0) is 0 Å². The molecule has 0 aromatic carbocycles. The molecule has 0 saturated carbocycles. The van der Waals surface area contributed by atoms with Gasteiger partial charge in [-0.25, -0.2) is 4.98 Å². The average Bonchev–Trinajstić information content (AvgIpc) is 2.99. The van der Waals surface area contributed by atoms with Crippen molar-refractivity contribution in [1.82, 2.24) is 15.3 Å². The highest BCUT2D eigenvalue weighted by Gasteiger charge is 2.21. The molecular weight excluding hydrogens is 230 g/mol. The molecule has 1 aliphatic heterocycles. The van der Waals surface area contributed by atoms with Gasteiger partial charge in [-0.2, -0.15) is 0 Å². The van der Waals surface area contributed by atoms with Gasteiger partial charge in [0.1, 0.15) is 5.01 Å². The van der Waals surface area contributed by atoms with E-state index in [1.807, 2.05) is 12.3 Å². The lowest BCUT2D eigenvalue weighted by Gasteiger charge is -2.07. The van der Waals surface area contributed by atoms with Crippen molar-refractivity contribution in [3.05, 3.63) is 35.1 Å². The number of nitrogens with one attached hydrogen (secondary N) is 1. The molecule has 0 amide bonds. The largest absolute Gasteiger partial charge is 0.309 e. The maximum Gasteiger partial charge on any atom is 0.125 e. The number of aryl methyl sites for hydroxylation is 1. The number of rotatable bonds is 2. The molecule has 3 heterocycles.